The third kappa shape index (κ3) is 4.39. The highest BCUT2D eigenvalue weighted by Gasteiger charge is 2.28. The van der Waals surface area contributed by atoms with Gasteiger partial charge in [0.1, 0.15) is 10.0 Å². The predicted octanol–water partition coefficient (Wildman–Crippen LogP) is 7.22. The van der Waals surface area contributed by atoms with Gasteiger partial charge in [0.15, 0.2) is 17.1 Å². The quantitative estimate of drug-likeness (QED) is 0.247. The van der Waals surface area contributed by atoms with Gasteiger partial charge in [0.2, 0.25) is 0 Å². The molecule has 0 aliphatic carbocycles. The van der Waals surface area contributed by atoms with Crippen molar-refractivity contribution in [3.63, 3.8) is 0 Å². The Labute approximate surface area is 223 Å². The van der Waals surface area contributed by atoms with Crippen LogP contribution >= 0.6 is 35.1 Å². The Kier molecular flexibility index (Phi) is 7.03. The van der Waals surface area contributed by atoms with Gasteiger partial charge in [-0.3, -0.25) is 9.69 Å². The summed E-state index contributed by atoms with van der Waals surface area (Å²) in [6.07, 6.45) is 0.948. The number of carbonyl (C=O) groups is 1. The van der Waals surface area contributed by atoms with Crippen LogP contribution in [0.25, 0.3) is 31.8 Å². The molecule has 1 aliphatic heterocycles. The van der Waals surface area contributed by atoms with E-state index in [2.05, 4.69) is 23.2 Å². The predicted molar refractivity (Wildman–Crippen MR) is 150 cm³/mol. The molecule has 9 heteroatoms. The van der Waals surface area contributed by atoms with Crippen molar-refractivity contribution in [2.75, 3.05) is 25.0 Å². The van der Waals surface area contributed by atoms with E-state index in [0.717, 1.165) is 57.2 Å². The maximum Gasteiger partial charge on any atom is 0.292 e. The number of nitrogens with zero attached hydrogens (tertiary/aromatic N) is 2. The lowest BCUT2D eigenvalue weighted by molar-refractivity contribution is 0.0999. The van der Waals surface area contributed by atoms with Crippen LogP contribution in [0.4, 0.5) is 5.00 Å². The molecule has 0 radical (unpaired) electrons. The Morgan fingerprint density at radius 1 is 1.17 bits per heavy atom. The third-order valence-corrected chi connectivity index (χ3v) is 8.54. The molecular formula is C27H26ClN3O3S2. The van der Waals surface area contributed by atoms with E-state index in [9.17, 15) is 4.79 Å². The summed E-state index contributed by atoms with van der Waals surface area (Å²) >= 11 is 3.33. The number of ether oxygens (including phenoxy) is 1. The molecule has 0 saturated heterocycles. The van der Waals surface area contributed by atoms with Gasteiger partial charge in [-0.05, 0) is 49.7 Å². The van der Waals surface area contributed by atoms with Gasteiger partial charge < -0.3 is 14.5 Å². The van der Waals surface area contributed by atoms with E-state index in [-0.39, 0.29) is 24.1 Å². The average molecular weight is 540 g/mol. The number of aromatic nitrogens is 1. The molecule has 0 unspecified atom stereocenters. The number of thiophene rings is 1. The number of rotatable bonds is 6. The summed E-state index contributed by atoms with van der Waals surface area (Å²) in [7, 11) is 0. The van der Waals surface area contributed by atoms with Crippen LogP contribution in [-0.2, 0) is 13.0 Å². The van der Waals surface area contributed by atoms with E-state index in [1.165, 1.54) is 10.4 Å². The summed E-state index contributed by atoms with van der Waals surface area (Å²) in [5.41, 5.74) is 3.94. The number of likely N-dealkylation sites (N-methyl/N-ethyl adjacent to an activating group) is 1. The molecule has 6 nitrogen and oxygen atoms in total. The second-order valence-corrected chi connectivity index (χ2v) is 10.6. The lowest BCUT2D eigenvalue weighted by Crippen LogP contribution is -2.29. The second kappa shape index (κ2) is 10.2. The molecular weight excluding hydrogens is 514 g/mol. The molecule has 1 N–H and O–H groups in total. The van der Waals surface area contributed by atoms with Gasteiger partial charge in [-0.25, -0.2) is 4.98 Å². The lowest BCUT2D eigenvalue weighted by atomic mass is 10.0. The Balaban J connectivity index is 0.00000267. The zero-order valence-electron chi connectivity index (χ0n) is 20.0. The number of furan rings is 1. The summed E-state index contributed by atoms with van der Waals surface area (Å²) in [4.78, 5) is 22.0. The summed E-state index contributed by atoms with van der Waals surface area (Å²) in [5.74, 6) is 0.645. The van der Waals surface area contributed by atoms with Crippen molar-refractivity contribution in [1.82, 2.24) is 9.88 Å². The maximum atomic E-state index is 13.4. The zero-order valence-corrected chi connectivity index (χ0v) is 22.4. The van der Waals surface area contributed by atoms with Crippen LogP contribution in [0.5, 0.6) is 5.75 Å². The average Bonchev–Trinajstić information content (AvgIpc) is 3.58. The number of anilines is 1. The number of fused-ring (bicyclic) bond motifs is 3. The van der Waals surface area contributed by atoms with Crippen molar-refractivity contribution in [2.45, 2.75) is 26.8 Å². The minimum absolute atomic E-state index is 0. The van der Waals surface area contributed by atoms with Crippen LogP contribution in [0.3, 0.4) is 0 Å². The van der Waals surface area contributed by atoms with Crippen molar-refractivity contribution in [3.8, 4) is 16.3 Å². The molecule has 0 atom stereocenters. The van der Waals surface area contributed by atoms with Gasteiger partial charge in [-0.2, -0.15) is 0 Å². The fourth-order valence-corrected chi connectivity index (χ4v) is 7.00. The summed E-state index contributed by atoms with van der Waals surface area (Å²) in [5, 5.41) is 5.80. The first kappa shape index (κ1) is 24.8. The monoisotopic (exact) mass is 539 g/mol. The first-order valence-electron chi connectivity index (χ1n) is 11.8. The van der Waals surface area contributed by atoms with E-state index in [1.807, 2.05) is 43.3 Å². The van der Waals surface area contributed by atoms with Crippen molar-refractivity contribution in [3.05, 3.63) is 64.7 Å². The molecule has 2 aromatic carbocycles. The van der Waals surface area contributed by atoms with Crippen LogP contribution in [-0.4, -0.2) is 35.5 Å². The number of halogens is 1. The summed E-state index contributed by atoms with van der Waals surface area (Å²) < 4.78 is 12.8. The molecule has 5 aromatic rings. The number of carbonyl (C=O) groups excluding carboxylic acids is 1. The highest BCUT2D eigenvalue weighted by molar-refractivity contribution is 7.23. The second-order valence-electron chi connectivity index (χ2n) is 8.49. The standard InChI is InChI=1S/C27H25N3O3S2.ClH/c1-3-30-13-12-17-22(15-30)35-27(23(17)26-28-18-9-5-6-11-21(18)34-26)29-25(31)20-14-16-8-7-10-19(32-4-2)24(16)33-20;/h5-11,14H,3-4,12-13,15H2,1-2H3,(H,29,31);1H. The molecule has 36 heavy (non-hydrogen) atoms. The van der Waals surface area contributed by atoms with Gasteiger partial charge in [-0.1, -0.05) is 31.2 Å². The van der Waals surface area contributed by atoms with Crippen LogP contribution in [0, 0.1) is 0 Å². The minimum atomic E-state index is -0.267. The molecule has 0 bridgehead atoms. The molecule has 1 amide bonds. The van der Waals surface area contributed by atoms with Crippen LogP contribution in [0.15, 0.2) is 52.9 Å². The Hall–Kier alpha value is -2.91. The SMILES string of the molecule is CCOc1cccc2cc(C(=O)Nc3sc4c(c3-c3nc5ccccc5s3)CCN(CC)C4)oc12.Cl. The van der Waals surface area contributed by atoms with Crippen molar-refractivity contribution >= 4 is 67.2 Å². The van der Waals surface area contributed by atoms with Crippen molar-refractivity contribution in [2.24, 2.45) is 0 Å². The van der Waals surface area contributed by atoms with E-state index >= 15 is 0 Å². The Morgan fingerprint density at radius 3 is 2.83 bits per heavy atom. The number of amides is 1. The van der Waals surface area contributed by atoms with E-state index in [1.54, 1.807) is 28.7 Å². The van der Waals surface area contributed by atoms with E-state index in [0.29, 0.717) is 17.9 Å². The number of para-hydroxylation sites is 2. The first-order chi connectivity index (χ1) is 17.1. The van der Waals surface area contributed by atoms with Gasteiger partial charge >= 0.3 is 0 Å². The number of hydrogen-bond acceptors (Lipinski definition) is 7. The highest BCUT2D eigenvalue weighted by atomic mass is 35.5. The van der Waals surface area contributed by atoms with Gasteiger partial charge in [0.05, 0.1) is 16.8 Å². The summed E-state index contributed by atoms with van der Waals surface area (Å²) in [6.45, 7) is 7.56. The Bertz CT molecular complexity index is 1520. The minimum Gasteiger partial charge on any atom is -0.490 e. The van der Waals surface area contributed by atoms with Crippen molar-refractivity contribution < 1.29 is 13.9 Å². The third-order valence-electron chi connectivity index (χ3n) is 6.35. The van der Waals surface area contributed by atoms with Crippen molar-refractivity contribution in [1.29, 1.82) is 0 Å². The maximum absolute atomic E-state index is 13.4. The number of thiazole rings is 1. The van der Waals surface area contributed by atoms with Gasteiger partial charge in [0, 0.05) is 28.9 Å². The van der Waals surface area contributed by atoms with Gasteiger partial charge in [-0.15, -0.1) is 35.1 Å². The fourth-order valence-electron chi connectivity index (χ4n) is 4.60. The molecule has 0 saturated carbocycles. The van der Waals surface area contributed by atoms with Gasteiger partial charge in [0.25, 0.3) is 5.91 Å². The normalized spacial score (nSPS) is 13.5. The van der Waals surface area contributed by atoms with Crippen LogP contribution < -0.4 is 10.1 Å². The molecule has 186 valence electrons. The number of benzene rings is 2. The number of nitrogens with one attached hydrogen (secondary N) is 1. The topological polar surface area (TPSA) is 67.6 Å². The van der Waals surface area contributed by atoms with E-state index < -0.39 is 0 Å². The molecule has 4 heterocycles. The fraction of sp³-hybridized carbons (Fsp3) is 0.259. The largest absolute Gasteiger partial charge is 0.490 e. The van der Waals surface area contributed by atoms with E-state index in [4.69, 9.17) is 14.1 Å². The molecule has 1 aliphatic rings. The highest BCUT2D eigenvalue weighted by Crippen LogP contribution is 2.46. The molecule has 0 fully saturated rings. The molecule has 6 rings (SSSR count). The number of hydrogen-bond donors (Lipinski definition) is 1. The molecule has 3 aromatic heterocycles. The first-order valence-corrected chi connectivity index (χ1v) is 13.5. The Morgan fingerprint density at radius 2 is 2.03 bits per heavy atom. The zero-order chi connectivity index (χ0) is 23.9. The smallest absolute Gasteiger partial charge is 0.292 e. The van der Waals surface area contributed by atoms with Crippen LogP contribution in [0.1, 0.15) is 34.8 Å². The molecule has 0 spiro atoms. The van der Waals surface area contributed by atoms with Crippen LogP contribution in [0.2, 0.25) is 0 Å². The lowest BCUT2D eigenvalue weighted by Gasteiger charge is -2.25. The summed E-state index contributed by atoms with van der Waals surface area (Å²) in [6, 6.07) is 15.6.